The lowest BCUT2D eigenvalue weighted by molar-refractivity contribution is 0.0302. The van der Waals surface area contributed by atoms with Gasteiger partial charge in [0.05, 0.1) is 12.0 Å². The molecule has 1 fully saturated rings. The fraction of sp³-hybridized carbons (Fsp3) is 0.200. The van der Waals surface area contributed by atoms with Gasteiger partial charge in [-0.1, -0.05) is 18.2 Å². The first-order chi connectivity index (χ1) is 11.7. The van der Waals surface area contributed by atoms with Crippen LogP contribution in [0, 0.1) is 17.6 Å². The van der Waals surface area contributed by atoms with E-state index in [1.807, 2.05) is 6.08 Å². The molecule has 0 saturated carbocycles. The van der Waals surface area contributed by atoms with Crippen molar-refractivity contribution >= 4 is 16.8 Å². The van der Waals surface area contributed by atoms with Gasteiger partial charge in [-0.2, -0.15) is 0 Å². The Labute approximate surface area is 136 Å². The standard InChI is InChI=1S/C20H12F2O2/c21-10-3-1-9-2-5-13-16-18-12-6-4-11(22)8-15(12)19(24-18)20(16)23-17(13)14(9)7-10/h1-8,13,16-17,20H/t13-,16-,17+,20-/m1/s1. The van der Waals surface area contributed by atoms with E-state index in [0.717, 1.165) is 27.7 Å². The Bertz CT molecular complexity index is 1050. The van der Waals surface area contributed by atoms with E-state index in [2.05, 4.69) is 6.08 Å². The molecule has 0 radical (unpaired) electrons. The maximum Gasteiger partial charge on any atom is 0.141 e. The molecule has 3 heterocycles. The molecule has 1 saturated heterocycles. The SMILES string of the molecule is Fc1ccc2c(c1)[C@H]1O[C@H]3c4oc(c5ccc(F)cc45)[C@H]3[C@H]1C=C2. The van der Waals surface area contributed by atoms with Crippen LogP contribution in [0.3, 0.4) is 0 Å². The van der Waals surface area contributed by atoms with Crippen molar-refractivity contribution in [1.29, 1.82) is 0 Å². The van der Waals surface area contributed by atoms with Gasteiger partial charge in [-0.05, 0) is 41.5 Å². The Morgan fingerprint density at radius 1 is 0.833 bits per heavy atom. The van der Waals surface area contributed by atoms with Crippen molar-refractivity contribution in [2.24, 2.45) is 5.92 Å². The molecule has 4 heteroatoms. The molecule has 3 aromatic rings. The van der Waals surface area contributed by atoms with Gasteiger partial charge in [0.1, 0.15) is 29.3 Å². The molecule has 4 atom stereocenters. The van der Waals surface area contributed by atoms with E-state index in [4.69, 9.17) is 9.15 Å². The van der Waals surface area contributed by atoms with Crippen LogP contribution < -0.4 is 0 Å². The van der Waals surface area contributed by atoms with Gasteiger partial charge in [-0.15, -0.1) is 0 Å². The van der Waals surface area contributed by atoms with Crippen molar-refractivity contribution in [2.45, 2.75) is 18.1 Å². The zero-order valence-electron chi connectivity index (χ0n) is 12.5. The van der Waals surface area contributed by atoms with Crippen LogP contribution in [-0.2, 0) is 4.74 Å². The first-order valence-electron chi connectivity index (χ1n) is 8.06. The van der Waals surface area contributed by atoms with Crippen molar-refractivity contribution in [3.63, 3.8) is 0 Å². The van der Waals surface area contributed by atoms with Crippen LogP contribution in [0.5, 0.6) is 0 Å². The maximum atomic E-state index is 13.7. The second-order valence-corrected chi connectivity index (χ2v) is 6.73. The van der Waals surface area contributed by atoms with Crippen LogP contribution in [0.1, 0.15) is 40.8 Å². The molecule has 24 heavy (non-hydrogen) atoms. The fourth-order valence-corrected chi connectivity index (χ4v) is 4.54. The number of ether oxygens (including phenoxy) is 1. The lowest BCUT2D eigenvalue weighted by atomic mass is 9.76. The first kappa shape index (κ1) is 12.9. The van der Waals surface area contributed by atoms with Crippen molar-refractivity contribution in [3.8, 4) is 0 Å². The second-order valence-electron chi connectivity index (χ2n) is 6.73. The Balaban J connectivity index is 1.53. The summed E-state index contributed by atoms with van der Waals surface area (Å²) < 4.78 is 39.5. The molecule has 0 unspecified atom stereocenters. The molecule has 2 bridgehead atoms. The van der Waals surface area contributed by atoms with Gasteiger partial charge in [0.2, 0.25) is 0 Å². The van der Waals surface area contributed by atoms with Crippen molar-refractivity contribution in [2.75, 3.05) is 0 Å². The Morgan fingerprint density at radius 2 is 1.67 bits per heavy atom. The van der Waals surface area contributed by atoms with E-state index in [0.29, 0.717) is 5.76 Å². The summed E-state index contributed by atoms with van der Waals surface area (Å²) in [4.78, 5) is 0. The molecule has 2 nitrogen and oxygen atoms in total. The number of fused-ring (bicyclic) bond motifs is 12. The molecule has 2 aliphatic heterocycles. The quantitative estimate of drug-likeness (QED) is 0.563. The summed E-state index contributed by atoms with van der Waals surface area (Å²) in [6.45, 7) is 0. The molecule has 3 aliphatic rings. The minimum absolute atomic E-state index is 0.0793. The van der Waals surface area contributed by atoms with Gasteiger partial charge in [0.15, 0.2) is 0 Å². The number of hydrogen-bond donors (Lipinski definition) is 0. The monoisotopic (exact) mass is 322 g/mol. The molecule has 1 aromatic heterocycles. The third-order valence-corrected chi connectivity index (χ3v) is 5.53. The van der Waals surface area contributed by atoms with Gasteiger partial charge >= 0.3 is 0 Å². The van der Waals surface area contributed by atoms with Gasteiger partial charge in [0, 0.05) is 16.7 Å². The minimum atomic E-state index is -0.280. The normalized spacial score (nSPS) is 28.9. The maximum absolute atomic E-state index is 13.7. The van der Waals surface area contributed by atoms with Gasteiger partial charge in [-0.25, -0.2) is 8.78 Å². The third-order valence-electron chi connectivity index (χ3n) is 5.53. The predicted molar refractivity (Wildman–Crippen MR) is 84.4 cm³/mol. The predicted octanol–water partition coefficient (Wildman–Crippen LogP) is 5.26. The van der Waals surface area contributed by atoms with Gasteiger partial charge in [0.25, 0.3) is 0 Å². The molecule has 118 valence electrons. The van der Waals surface area contributed by atoms with Crippen LogP contribution in [0.15, 0.2) is 46.9 Å². The largest absolute Gasteiger partial charge is 0.462 e. The summed E-state index contributed by atoms with van der Waals surface area (Å²) >= 11 is 0. The zero-order chi connectivity index (χ0) is 16.0. The lowest BCUT2D eigenvalue weighted by Gasteiger charge is -2.24. The highest BCUT2D eigenvalue weighted by atomic mass is 19.1. The van der Waals surface area contributed by atoms with Crippen molar-refractivity contribution in [1.82, 2.24) is 0 Å². The average molecular weight is 322 g/mol. The van der Waals surface area contributed by atoms with Crippen molar-refractivity contribution in [3.05, 3.63) is 76.8 Å². The van der Waals surface area contributed by atoms with E-state index >= 15 is 0 Å². The summed E-state index contributed by atoms with van der Waals surface area (Å²) in [6.07, 6.45) is 3.76. The Morgan fingerprint density at radius 3 is 2.58 bits per heavy atom. The van der Waals surface area contributed by atoms with Crippen molar-refractivity contribution < 1.29 is 17.9 Å². The second kappa shape index (κ2) is 4.14. The number of halogens is 2. The fourth-order valence-electron chi connectivity index (χ4n) is 4.54. The van der Waals surface area contributed by atoms with Crippen LogP contribution in [-0.4, -0.2) is 0 Å². The number of hydrogen-bond acceptors (Lipinski definition) is 2. The van der Waals surface area contributed by atoms with Crippen LogP contribution in [0.4, 0.5) is 8.78 Å². The van der Waals surface area contributed by atoms with E-state index < -0.39 is 0 Å². The molecule has 0 N–H and O–H groups in total. The molecule has 6 rings (SSSR count). The summed E-state index contributed by atoms with van der Waals surface area (Å²) in [7, 11) is 0. The molecule has 0 amide bonds. The van der Waals surface area contributed by atoms with E-state index in [9.17, 15) is 8.78 Å². The van der Waals surface area contributed by atoms with Crippen LogP contribution in [0.2, 0.25) is 0 Å². The van der Waals surface area contributed by atoms with Gasteiger partial charge in [-0.3, -0.25) is 0 Å². The van der Waals surface area contributed by atoms with Crippen LogP contribution in [0.25, 0.3) is 16.8 Å². The number of benzene rings is 2. The molecule has 1 aliphatic carbocycles. The summed E-state index contributed by atoms with van der Waals surface area (Å²) in [5.41, 5.74) is 1.87. The topological polar surface area (TPSA) is 22.4 Å². The highest BCUT2D eigenvalue weighted by Gasteiger charge is 2.54. The first-order valence-corrected chi connectivity index (χ1v) is 8.06. The highest BCUT2D eigenvalue weighted by Crippen LogP contribution is 2.63. The average Bonchev–Trinajstić information content (AvgIpc) is 3.22. The van der Waals surface area contributed by atoms with E-state index in [1.165, 1.54) is 18.2 Å². The molecular formula is C20H12F2O2. The van der Waals surface area contributed by atoms with Gasteiger partial charge < -0.3 is 9.15 Å². The summed E-state index contributed by atoms with van der Waals surface area (Å²) in [5, 5.41) is 1.74. The Kier molecular flexibility index (Phi) is 2.22. The zero-order valence-corrected chi connectivity index (χ0v) is 12.5. The number of rotatable bonds is 0. The van der Waals surface area contributed by atoms with Crippen LogP contribution >= 0.6 is 0 Å². The molecule has 0 spiro atoms. The smallest absolute Gasteiger partial charge is 0.141 e. The van der Waals surface area contributed by atoms with E-state index in [-0.39, 0.29) is 35.7 Å². The summed E-state index contributed by atoms with van der Waals surface area (Å²) in [6, 6.07) is 9.54. The lowest BCUT2D eigenvalue weighted by Crippen LogP contribution is -2.15. The molecular weight excluding hydrogens is 310 g/mol. The summed E-state index contributed by atoms with van der Waals surface area (Å²) in [5.74, 6) is 1.21. The highest BCUT2D eigenvalue weighted by molar-refractivity contribution is 5.90. The minimum Gasteiger partial charge on any atom is -0.462 e. The molecule has 2 aromatic carbocycles. The van der Waals surface area contributed by atoms with E-state index in [1.54, 1.807) is 18.2 Å². The number of furan rings is 1. The Hall–Kier alpha value is -2.46. The third kappa shape index (κ3) is 1.43.